The molecule has 0 aliphatic heterocycles. The molecule has 3 rings (SSSR count). The molecule has 0 saturated heterocycles. The number of benzene rings is 1. The maximum absolute atomic E-state index is 13.4. The van der Waals surface area contributed by atoms with Crippen molar-refractivity contribution in [3.63, 3.8) is 0 Å². The number of aromatic nitrogens is 2. The number of nitrogens with one attached hydrogen (secondary N) is 1. The maximum Gasteiger partial charge on any atom is 0.293 e. The molecular weight excluding hydrogens is 333 g/mol. The minimum atomic E-state index is -0.410. The molecule has 0 fully saturated rings. The van der Waals surface area contributed by atoms with Crippen LogP contribution in [0.2, 0.25) is 0 Å². The second-order valence-electron chi connectivity index (χ2n) is 6.50. The van der Waals surface area contributed by atoms with Crippen molar-refractivity contribution >= 4 is 11.6 Å². The molecule has 0 unspecified atom stereocenters. The zero-order valence-corrected chi connectivity index (χ0v) is 15.1. The fraction of sp³-hybridized carbons (Fsp3) is 0.250. The third kappa shape index (κ3) is 3.64. The van der Waals surface area contributed by atoms with E-state index >= 15 is 0 Å². The van der Waals surface area contributed by atoms with Crippen molar-refractivity contribution in [3.8, 4) is 11.1 Å². The largest absolute Gasteiger partial charge is 0.435 e. The lowest BCUT2D eigenvalue weighted by atomic mass is 10.0. The molecule has 0 spiro atoms. The Hall–Kier alpha value is -3.02. The minimum absolute atomic E-state index is 0.0980. The lowest BCUT2D eigenvalue weighted by Crippen LogP contribution is -2.13. The van der Waals surface area contributed by atoms with Gasteiger partial charge in [0.15, 0.2) is 5.89 Å². The summed E-state index contributed by atoms with van der Waals surface area (Å²) < 4.78 is 19.0. The first kappa shape index (κ1) is 17.8. The average Bonchev–Trinajstić information content (AvgIpc) is 2.99. The Morgan fingerprint density at radius 2 is 1.92 bits per heavy atom. The number of anilines is 1. The summed E-state index contributed by atoms with van der Waals surface area (Å²) in [5.41, 5.74) is 3.45. The van der Waals surface area contributed by atoms with E-state index in [2.05, 4.69) is 15.3 Å². The predicted octanol–water partition coefficient (Wildman–Crippen LogP) is 4.87. The summed E-state index contributed by atoms with van der Waals surface area (Å²) in [6, 6.07) is 6.91. The predicted molar refractivity (Wildman–Crippen MR) is 97.7 cm³/mol. The fourth-order valence-corrected chi connectivity index (χ4v) is 2.56. The molecule has 26 heavy (non-hydrogen) atoms. The van der Waals surface area contributed by atoms with Gasteiger partial charge in [-0.05, 0) is 37.1 Å². The summed E-state index contributed by atoms with van der Waals surface area (Å²) in [4.78, 5) is 20.8. The Bertz CT molecular complexity index is 963. The highest BCUT2D eigenvalue weighted by Gasteiger charge is 2.19. The summed E-state index contributed by atoms with van der Waals surface area (Å²) in [5, 5.41) is 2.86. The molecule has 1 amide bonds. The molecule has 0 radical (unpaired) electrons. The summed E-state index contributed by atoms with van der Waals surface area (Å²) >= 11 is 0. The van der Waals surface area contributed by atoms with E-state index < -0.39 is 5.82 Å². The van der Waals surface area contributed by atoms with Crippen molar-refractivity contribution in [3.05, 3.63) is 65.4 Å². The molecule has 3 aromatic rings. The first-order valence-corrected chi connectivity index (χ1v) is 8.35. The van der Waals surface area contributed by atoms with Crippen LogP contribution in [-0.2, 0) is 0 Å². The topological polar surface area (TPSA) is 68.0 Å². The van der Waals surface area contributed by atoms with Crippen LogP contribution in [0, 0.1) is 19.7 Å². The number of halogens is 1. The zero-order chi connectivity index (χ0) is 18.8. The maximum atomic E-state index is 13.4. The monoisotopic (exact) mass is 353 g/mol. The molecule has 6 heteroatoms. The normalized spacial score (nSPS) is 11.0. The molecule has 0 atom stereocenters. The van der Waals surface area contributed by atoms with E-state index in [1.54, 1.807) is 19.2 Å². The molecular formula is C20H20FN3O2. The van der Waals surface area contributed by atoms with Gasteiger partial charge in [0.05, 0.1) is 11.9 Å². The van der Waals surface area contributed by atoms with Gasteiger partial charge in [0, 0.05) is 23.4 Å². The molecule has 5 nitrogen and oxygen atoms in total. The Balaban J connectivity index is 1.90. The number of oxazole rings is 1. The van der Waals surface area contributed by atoms with E-state index in [1.165, 1.54) is 6.07 Å². The van der Waals surface area contributed by atoms with Gasteiger partial charge in [-0.1, -0.05) is 26.0 Å². The Morgan fingerprint density at radius 1 is 1.15 bits per heavy atom. The number of hydrogen-bond donors (Lipinski definition) is 1. The van der Waals surface area contributed by atoms with Gasteiger partial charge in [-0.25, -0.2) is 9.37 Å². The third-order valence-electron chi connectivity index (χ3n) is 4.04. The number of aryl methyl sites for hydroxylation is 2. The van der Waals surface area contributed by atoms with Crippen LogP contribution < -0.4 is 5.32 Å². The van der Waals surface area contributed by atoms with Crippen molar-refractivity contribution in [2.45, 2.75) is 33.6 Å². The van der Waals surface area contributed by atoms with Crippen LogP contribution in [0.4, 0.5) is 10.1 Å². The van der Waals surface area contributed by atoms with Crippen LogP contribution in [0.25, 0.3) is 11.1 Å². The Labute approximate surface area is 151 Å². The van der Waals surface area contributed by atoms with E-state index in [0.717, 1.165) is 17.3 Å². The van der Waals surface area contributed by atoms with Gasteiger partial charge in [-0.2, -0.15) is 0 Å². The van der Waals surface area contributed by atoms with E-state index in [-0.39, 0.29) is 17.6 Å². The van der Waals surface area contributed by atoms with Crippen LogP contribution in [0.3, 0.4) is 0 Å². The molecule has 0 aliphatic carbocycles. The summed E-state index contributed by atoms with van der Waals surface area (Å²) in [6.07, 6.45) is 2.73. The Kier molecular flexibility index (Phi) is 4.84. The Morgan fingerprint density at radius 3 is 2.58 bits per heavy atom. The summed E-state index contributed by atoms with van der Waals surface area (Å²) in [5.74, 6) is 0.0577. The molecule has 1 N–H and O–H groups in total. The molecule has 2 heterocycles. The molecule has 1 aromatic carbocycles. The quantitative estimate of drug-likeness (QED) is 0.727. The number of carbonyl (C=O) groups is 1. The van der Waals surface area contributed by atoms with Crippen molar-refractivity contribution in [1.29, 1.82) is 0 Å². The van der Waals surface area contributed by atoms with Gasteiger partial charge in [0.2, 0.25) is 5.76 Å². The molecule has 0 bridgehead atoms. The van der Waals surface area contributed by atoms with Crippen LogP contribution in [0.5, 0.6) is 0 Å². The molecule has 2 aromatic heterocycles. The second kappa shape index (κ2) is 7.07. The highest BCUT2D eigenvalue weighted by molar-refractivity contribution is 6.03. The van der Waals surface area contributed by atoms with Crippen molar-refractivity contribution < 1.29 is 13.6 Å². The third-order valence-corrected chi connectivity index (χ3v) is 4.04. The lowest BCUT2D eigenvalue weighted by Gasteiger charge is -2.10. The van der Waals surface area contributed by atoms with Crippen LogP contribution in [-0.4, -0.2) is 15.9 Å². The van der Waals surface area contributed by atoms with Crippen molar-refractivity contribution in [2.75, 3.05) is 5.32 Å². The van der Waals surface area contributed by atoms with E-state index in [9.17, 15) is 9.18 Å². The lowest BCUT2D eigenvalue weighted by molar-refractivity contribution is 0.0993. The number of rotatable bonds is 4. The second-order valence-corrected chi connectivity index (χ2v) is 6.50. The van der Waals surface area contributed by atoms with Gasteiger partial charge < -0.3 is 9.73 Å². The fourth-order valence-electron chi connectivity index (χ4n) is 2.56. The smallest absolute Gasteiger partial charge is 0.293 e. The number of nitrogens with zero attached hydrogens (tertiary/aromatic N) is 2. The minimum Gasteiger partial charge on any atom is -0.435 e. The molecule has 0 aliphatic rings. The standard InChI is InChI=1S/C20H20FN3O2/c1-11(2)20-23-13(4)18(26-20)19(25)24-17-8-14(6-5-12(17)3)15-7-16(21)10-22-9-15/h5-11H,1-4H3,(H,24,25). The highest BCUT2D eigenvalue weighted by atomic mass is 19.1. The number of hydrogen-bond acceptors (Lipinski definition) is 4. The van der Waals surface area contributed by atoms with E-state index in [4.69, 9.17) is 4.42 Å². The van der Waals surface area contributed by atoms with E-state index in [0.29, 0.717) is 22.8 Å². The summed E-state index contributed by atoms with van der Waals surface area (Å²) in [6.45, 7) is 7.53. The van der Waals surface area contributed by atoms with Gasteiger partial charge in [-0.3, -0.25) is 9.78 Å². The number of pyridine rings is 1. The van der Waals surface area contributed by atoms with Gasteiger partial charge in [0.25, 0.3) is 5.91 Å². The van der Waals surface area contributed by atoms with Gasteiger partial charge in [0.1, 0.15) is 5.82 Å². The van der Waals surface area contributed by atoms with Crippen LogP contribution in [0.1, 0.15) is 47.5 Å². The van der Waals surface area contributed by atoms with Gasteiger partial charge in [-0.15, -0.1) is 0 Å². The summed E-state index contributed by atoms with van der Waals surface area (Å²) in [7, 11) is 0. The SMILES string of the molecule is Cc1ccc(-c2cncc(F)c2)cc1NC(=O)c1oc(C(C)C)nc1C. The number of amides is 1. The van der Waals surface area contributed by atoms with Crippen molar-refractivity contribution in [1.82, 2.24) is 9.97 Å². The first-order valence-electron chi connectivity index (χ1n) is 8.35. The van der Waals surface area contributed by atoms with E-state index in [1.807, 2.05) is 32.9 Å². The average molecular weight is 353 g/mol. The highest BCUT2D eigenvalue weighted by Crippen LogP contribution is 2.26. The molecule has 134 valence electrons. The number of carbonyl (C=O) groups excluding carboxylic acids is 1. The zero-order valence-electron chi connectivity index (χ0n) is 15.1. The first-order chi connectivity index (χ1) is 12.3. The van der Waals surface area contributed by atoms with Crippen LogP contribution >= 0.6 is 0 Å². The van der Waals surface area contributed by atoms with Crippen molar-refractivity contribution in [2.24, 2.45) is 0 Å². The van der Waals surface area contributed by atoms with Gasteiger partial charge >= 0.3 is 0 Å². The van der Waals surface area contributed by atoms with Crippen LogP contribution in [0.15, 0.2) is 41.1 Å². The molecule has 0 saturated carbocycles.